The van der Waals surface area contributed by atoms with Crippen molar-refractivity contribution in [1.29, 1.82) is 0 Å². The van der Waals surface area contributed by atoms with Crippen LogP contribution < -0.4 is 4.74 Å². The second-order valence-corrected chi connectivity index (χ2v) is 9.16. The first-order chi connectivity index (χ1) is 13.3. The maximum atomic E-state index is 6.38. The van der Waals surface area contributed by atoms with Crippen molar-refractivity contribution >= 4 is 0 Å². The van der Waals surface area contributed by atoms with Crippen LogP contribution in [0.1, 0.15) is 90.7 Å². The van der Waals surface area contributed by atoms with Gasteiger partial charge < -0.3 is 4.74 Å². The molecule has 0 aromatic heterocycles. The molecular weight excluding hydrogens is 340 g/mol. The smallest absolute Gasteiger partial charge is 0.123 e. The predicted molar refractivity (Wildman–Crippen MR) is 123 cm³/mol. The summed E-state index contributed by atoms with van der Waals surface area (Å²) >= 11 is 0. The van der Waals surface area contributed by atoms with E-state index in [0.29, 0.717) is 0 Å². The molecule has 1 aromatic rings. The van der Waals surface area contributed by atoms with Crippen LogP contribution in [0.25, 0.3) is 0 Å². The third-order valence-corrected chi connectivity index (χ3v) is 5.78. The first-order valence-corrected chi connectivity index (χ1v) is 11.0. The third-order valence-electron chi connectivity index (χ3n) is 5.78. The summed E-state index contributed by atoms with van der Waals surface area (Å²) in [6.07, 6.45) is 16.3. The van der Waals surface area contributed by atoms with Gasteiger partial charge in [-0.15, -0.1) is 0 Å². The van der Waals surface area contributed by atoms with Gasteiger partial charge in [-0.1, -0.05) is 52.6 Å². The van der Waals surface area contributed by atoms with Crippen LogP contribution in [0.3, 0.4) is 0 Å². The lowest BCUT2D eigenvalue weighted by Gasteiger charge is -2.36. The molecule has 1 aliphatic rings. The zero-order valence-corrected chi connectivity index (χ0v) is 19.0. The molecule has 0 saturated heterocycles. The van der Waals surface area contributed by atoms with E-state index in [-0.39, 0.29) is 5.60 Å². The van der Waals surface area contributed by atoms with Crippen LogP contribution in [0.2, 0.25) is 0 Å². The van der Waals surface area contributed by atoms with E-state index in [2.05, 4.69) is 78.0 Å². The fraction of sp³-hybridized carbons (Fsp3) is 0.556. The molecule has 154 valence electrons. The number of hydrogen-bond donors (Lipinski definition) is 0. The maximum absolute atomic E-state index is 6.38. The molecule has 0 saturated carbocycles. The topological polar surface area (TPSA) is 9.23 Å². The number of hydrogen-bond acceptors (Lipinski definition) is 1. The third kappa shape index (κ3) is 7.70. The van der Waals surface area contributed by atoms with Crippen molar-refractivity contribution in [1.82, 2.24) is 0 Å². The van der Waals surface area contributed by atoms with Gasteiger partial charge in [-0.3, -0.25) is 0 Å². The zero-order valence-electron chi connectivity index (χ0n) is 19.0. The molecule has 0 bridgehead atoms. The fourth-order valence-electron chi connectivity index (χ4n) is 3.86. The van der Waals surface area contributed by atoms with E-state index in [0.717, 1.165) is 37.9 Å². The Kier molecular flexibility index (Phi) is 8.60. The van der Waals surface area contributed by atoms with E-state index < -0.39 is 0 Å². The van der Waals surface area contributed by atoms with Crippen molar-refractivity contribution in [2.24, 2.45) is 0 Å². The Labute approximate surface area is 173 Å². The molecule has 28 heavy (non-hydrogen) atoms. The summed E-state index contributed by atoms with van der Waals surface area (Å²) in [4.78, 5) is 0. The number of rotatable bonds is 9. The second kappa shape index (κ2) is 10.7. The summed E-state index contributed by atoms with van der Waals surface area (Å²) in [6.45, 7) is 13.3. The van der Waals surface area contributed by atoms with E-state index in [4.69, 9.17) is 4.74 Å². The highest BCUT2D eigenvalue weighted by molar-refractivity contribution is 5.39. The average Bonchev–Trinajstić information content (AvgIpc) is 2.61. The molecule has 1 nitrogen and oxygen atoms in total. The minimum atomic E-state index is -0.0273. The number of fused-ring (bicyclic) bond motifs is 1. The average molecular weight is 381 g/mol. The SMILES string of the molecule is CC(C)=CCCC(C)=CCCC(C)=CCCC1(C)CCc2cc(C)ccc2O1. The van der Waals surface area contributed by atoms with Gasteiger partial charge in [0.25, 0.3) is 0 Å². The Hall–Kier alpha value is -1.76. The number of aryl methyl sites for hydroxylation is 2. The van der Waals surface area contributed by atoms with E-state index in [1.165, 1.54) is 47.1 Å². The molecule has 0 radical (unpaired) electrons. The lowest BCUT2D eigenvalue weighted by Crippen LogP contribution is -2.36. The molecule has 2 rings (SSSR count). The van der Waals surface area contributed by atoms with Crippen molar-refractivity contribution in [3.05, 3.63) is 64.3 Å². The summed E-state index contributed by atoms with van der Waals surface area (Å²) in [5.41, 5.74) is 7.11. The standard InChI is InChI=1S/C27H40O/c1-21(2)10-7-11-22(3)12-8-13-23(4)14-9-18-27(6)19-17-25-20-24(5)15-16-26(25)28-27/h10,12,14-16,20H,7-9,11,13,17-19H2,1-6H3. The van der Waals surface area contributed by atoms with Gasteiger partial charge in [-0.25, -0.2) is 0 Å². The van der Waals surface area contributed by atoms with Crippen LogP contribution in [0.5, 0.6) is 5.75 Å². The molecule has 0 fully saturated rings. The Bertz CT molecular complexity index is 731. The van der Waals surface area contributed by atoms with E-state index >= 15 is 0 Å². The van der Waals surface area contributed by atoms with E-state index in [1.54, 1.807) is 0 Å². The normalized spacial score (nSPS) is 19.8. The van der Waals surface area contributed by atoms with E-state index in [9.17, 15) is 0 Å². The summed E-state index contributed by atoms with van der Waals surface area (Å²) < 4.78 is 6.38. The summed E-state index contributed by atoms with van der Waals surface area (Å²) in [7, 11) is 0. The summed E-state index contributed by atoms with van der Waals surface area (Å²) in [6, 6.07) is 6.58. The predicted octanol–water partition coefficient (Wildman–Crippen LogP) is 8.28. The van der Waals surface area contributed by atoms with Gasteiger partial charge in [0.05, 0.1) is 0 Å². The van der Waals surface area contributed by atoms with Gasteiger partial charge >= 0.3 is 0 Å². The molecule has 0 spiro atoms. The van der Waals surface area contributed by atoms with Crippen LogP contribution >= 0.6 is 0 Å². The quantitative estimate of drug-likeness (QED) is 0.392. The summed E-state index contributed by atoms with van der Waals surface area (Å²) in [5.74, 6) is 1.09. The first kappa shape index (κ1) is 22.5. The largest absolute Gasteiger partial charge is 0.487 e. The minimum Gasteiger partial charge on any atom is -0.487 e. The maximum Gasteiger partial charge on any atom is 0.123 e. The summed E-state index contributed by atoms with van der Waals surface area (Å²) in [5, 5.41) is 0. The Balaban J connectivity index is 1.74. The molecular formula is C27H40O. The molecule has 1 atom stereocenters. The van der Waals surface area contributed by atoms with Crippen molar-refractivity contribution in [3.63, 3.8) is 0 Å². The number of ether oxygens (including phenoxy) is 1. The van der Waals surface area contributed by atoms with Crippen LogP contribution in [0, 0.1) is 6.92 Å². The van der Waals surface area contributed by atoms with Crippen molar-refractivity contribution in [2.45, 2.75) is 98.5 Å². The highest BCUT2D eigenvalue weighted by Gasteiger charge is 2.30. The minimum absolute atomic E-state index is 0.0273. The van der Waals surface area contributed by atoms with Gasteiger partial charge in [0.2, 0.25) is 0 Å². The van der Waals surface area contributed by atoms with Gasteiger partial charge in [-0.05, 0) is 105 Å². The molecule has 0 amide bonds. The van der Waals surface area contributed by atoms with Crippen LogP contribution in [-0.2, 0) is 6.42 Å². The molecule has 1 heterocycles. The van der Waals surface area contributed by atoms with Crippen LogP contribution in [-0.4, -0.2) is 5.60 Å². The molecule has 1 heteroatoms. The van der Waals surface area contributed by atoms with E-state index in [1.807, 2.05) is 0 Å². The zero-order chi connectivity index (χ0) is 20.6. The van der Waals surface area contributed by atoms with Crippen molar-refractivity contribution in [2.75, 3.05) is 0 Å². The molecule has 0 N–H and O–H groups in total. The lowest BCUT2D eigenvalue weighted by molar-refractivity contribution is 0.0571. The molecule has 1 aromatic carbocycles. The molecule has 0 aliphatic carbocycles. The van der Waals surface area contributed by atoms with Gasteiger partial charge in [0.15, 0.2) is 0 Å². The Morgan fingerprint density at radius 2 is 1.61 bits per heavy atom. The van der Waals surface area contributed by atoms with Crippen molar-refractivity contribution in [3.8, 4) is 5.75 Å². The second-order valence-electron chi connectivity index (χ2n) is 9.16. The number of benzene rings is 1. The highest BCUT2D eigenvalue weighted by atomic mass is 16.5. The fourth-order valence-corrected chi connectivity index (χ4v) is 3.86. The van der Waals surface area contributed by atoms with Crippen LogP contribution in [0.4, 0.5) is 0 Å². The van der Waals surface area contributed by atoms with Gasteiger partial charge in [0.1, 0.15) is 11.4 Å². The Morgan fingerprint density at radius 3 is 2.29 bits per heavy atom. The van der Waals surface area contributed by atoms with Crippen LogP contribution in [0.15, 0.2) is 53.1 Å². The molecule has 1 unspecified atom stereocenters. The monoisotopic (exact) mass is 380 g/mol. The highest BCUT2D eigenvalue weighted by Crippen LogP contribution is 2.36. The first-order valence-electron chi connectivity index (χ1n) is 11.0. The molecule has 1 aliphatic heterocycles. The number of allylic oxidation sites excluding steroid dienone is 6. The Morgan fingerprint density at radius 1 is 0.964 bits per heavy atom. The lowest BCUT2D eigenvalue weighted by atomic mass is 9.88. The van der Waals surface area contributed by atoms with Gasteiger partial charge in [-0.2, -0.15) is 0 Å². The van der Waals surface area contributed by atoms with Gasteiger partial charge in [0, 0.05) is 0 Å². The van der Waals surface area contributed by atoms with Crippen molar-refractivity contribution < 1.29 is 4.74 Å².